The molecule has 3 rings (SSSR count). The number of hydrogen-bond acceptors (Lipinski definition) is 7. The highest BCUT2D eigenvalue weighted by molar-refractivity contribution is 7.91. The van der Waals surface area contributed by atoms with Gasteiger partial charge < -0.3 is 10.1 Å². The number of nitrogens with one attached hydrogen (secondary N) is 1. The molecule has 2 aliphatic heterocycles. The first-order chi connectivity index (χ1) is 12.7. The minimum absolute atomic E-state index is 0.0190. The molecule has 148 valence electrons. The number of ether oxygens (including phenoxy) is 1. The van der Waals surface area contributed by atoms with Gasteiger partial charge in [-0.05, 0) is 26.2 Å². The lowest BCUT2D eigenvalue weighted by Crippen LogP contribution is -2.45. The summed E-state index contributed by atoms with van der Waals surface area (Å²) in [6.07, 6.45) is 4.98. The molecule has 27 heavy (non-hydrogen) atoms. The fourth-order valence-corrected chi connectivity index (χ4v) is 5.42. The van der Waals surface area contributed by atoms with Gasteiger partial charge in [-0.25, -0.2) is 13.2 Å². The van der Waals surface area contributed by atoms with Crippen molar-refractivity contribution in [1.29, 1.82) is 0 Å². The number of hydrogen-bond donors (Lipinski definition) is 1. The van der Waals surface area contributed by atoms with E-state index in [0.717, 1.165) is 4.90 Å². The molecule has 10 heteroatoms. The average molecular weight is 398 g/mol. The van der Waals surface area contributed by atoms with E-state index in [9.17, 15) is 27.6 Å². The van der Waals surface area contributed by atoms with Gasteiger partial charge in [0.15, 0.2) is 16.4 Å². The third-order valence-corrected chi connectivity index (χ3v) is 6.98. The number of amides is 3. The summed E-state index contributed by atoms with van der Waals surface area (Å²) < 4.78 is 27.7. The molecule has 2 saturated heterocycles. The van der Waals surface area contributed by atoms with Crippen LogP contribution in [-0.4, -0.2) is 67.2 Å². The van der Waals surface area contributed by atoms with Crippen molar-refractivity contribution < 1.29 is 32.3 Å². The lowest BCUT2D eigenvalue weighted by Gasteiger charge is -2.21. The Bertz CT molecular complexity index is 778. The molecule has 3 amide bonds. The Morgan fingerprint density at radius 3 is 2.33 bits per heavy atom. The van der Waals surface area contributed by atoms with E-state index in [1.54, 1.807) is 0 Å². The number of esters is 1. The van der Waals surface area contributed by atoms with Gasteiger partial charge in [-0.2, -0.15) is 0 Å². The fraction of sp³-hybridized carbons (Fsp3) is 0.647. The zero-order valence-corrected chi connectivity index (χ0v) is 15.7. The SMILES string of the molecule is C[C@@H](C(=O)OCC(=O)N[C@@H]1CCS(=O)(=O)C1)N1C(=O)[C@H]2CC=CC[C@H]2C1=O. The summed E-state index contributed by atoms with van der Waals surface area (Å²) in [6.45, 7) is 0.800. The van der Waals surface area contributed by atoms with E-state index in [-0.39, 0.29) is 23.3 Å². The van der Waals surface area contributed by atoms with E-state index in [0.29, 0.717) is 19.3 Å². The number of fused-ring (bicyclic) bond motifs is 1. The lowest BCUT2D eigenvalue weighted by atomic mass is 9.85. The zero-order chi connectivity index (χ0) is 19.8. The monoisotopic (exact) mass is 398 g/mol. The molecule has 0 unspecified atom stereocenters. The minimum Gasteiger partial charge on any atom is -0.454 e. The minimum atomic E-state index is -3.13. The molecule has 1 aliphatic carbocycles. The summed E-state index contributed by atoms with van der Waals surface area (Å²) in [5.41, 5.74) is 0. The van der Waals surface area contributed by atoms with Crippen LogP contribution in [0.3, 0.4) is 0 Å². The highest BCUT2D eigenvalue weighted by Gasteiger charge is 2.50. The maximum atomic E-state index is 12.5. The molecule has 1 N–H and O–H groups in total. The summed E-state index contributed by atoms with van der Waals surface area (Å²) in [5.74, 6) is -3.23. The summed E-state index contributed by atoms with van der Waals surface area (Å²) in [4.78, 5) is 49.9. The van der Waals surface area contributed by atoms with Crippen molar-refractivity contribution in [2.75, 3.05) is 18.1 Å². The van der Waals surface area contributed by atoms with Crippen molar-refractivity contribution in [1.82, 2.24) is 10.2 Å². The second kappa shape index (κ2) is 7.41. The van der Waals surface area contributed by atoms with Crippen molar-refractivity contribution in [3.8, 4) is 0 Å². The predicted octanol–water partition coefficient (Wildman–Crippen LogP) is -0.827. The first kappa shape index (κ1) is 19.5. The van der Waals surface area contributed by atoms with Crippen molar-refractivity contribution in [3.05, 3.63) is 12.2 Å². The Hall–Kier alpha value is -2.23. The molecule has 0 bridgehead atoms. The summed E-state index contributed by atoms with van der Waals surface area (Å²) in [7, 11) is -3.13. The maximum Gasteiger partial charge on any atom is 0.329 e. The number of likely N-dealkylation sites (tertiary alicyclic amines) is 1. The second-order valence-electron chi connectivity index (χ2n) is 7.15. The molecule has 9 nitrogen and oxygen atoms in total. The molecule has 0 saturated carbocycles. The fourth-order valence-electron chi connectivity index (χ4n) is 3.75. The van der Waals surface area contributed by atoms with Gasteiger partial charge in [0.05, 0.1) is 23.3 Å². The number of rotatable bonds is 5. The Morgan fingerprint density at radius 1 is 1.22 bits per heavy atom. The van der Waals surface area contributed by atoms with Gasteiger partial charge >= 0.3 is 5.97 Å². The van der Waals surface area contributed by atoms with E-state index in [1.165, 1.54) is 6.92 Å². The molecule has 2 heterocycles. The normalized spacial score (nSPS) is 30.1. The van der Waals surface area contributed by atoms with Crippen LogP contribution in [0.25, 0.3) is 0 Å². The van der Waals surface area contributed by atoms with Gasteiger partial charge in [-0.15, -0.1) is 0 Å². The van der Waals surface area contributed by atoms with E-state index >= 15 is 0 Å². The number of carbonyl (C=O) groups excluding carboxylic acids is 4. The summed E-state index contributed by atoms with van der Waals surface area (Å²) >= 11 is 0. The number of carbonyl (C=O) groups is 4. The number of nitrogens with zero attached hydrogens (tertiary/aromatic N) is 1. The lowest BCUT2D eigenvalue weighted by molar-refractivity contribution is -0.159. The first-order valence-corrected chi connectivity index (χ1v) is 10.7. The Kier molecular flexibility index (Phi) is 5.36. The van der Waals surface area contributed by atoms with Crippen LogP contribution < -0.4 is 5.32 Å². The van der Waals surface area contributed by atoms with Crippen LogP contribution in [-0.2, 0) is 33.8 Å². The van der Waals surface area contributed by atoms with Gasteiger partial charge in [0, 0.05) is 6.04 Å². The van der Waals surface area contributed by atoms with Crippen molar-refractivity contribution in [2.45, 2.75) is 38.3 Å². The highest BCUT2D eigenvalue weighted by Crippen LogP contribution is 2.36. The molecule has 0 spiro atoms. The van der Waals surface area contributed by atoms with Gasteiger partial charge in [0.2, 0.25) is 11.8 Å². The van der Waals surface area contributed by atoms with Gasteiger partial charge in [0.1, 0.15) is 6.04 Å². The third-order valence-electron chi connectivity index (χ3n) is 5.21. The van der Waals surface area contributed by atoms with E-state index in [4.69, 9.17) is 4.74 Å². The van der Waals surface area contributed by atoms with Crippen LogP contribution in [0.15, 0.2) is 12.2 Å². The number of allylic oxidation sites excluding steroid dienone is 2. The third kappa shape index (κ3) is 4.05. The van der Waals surface area contributed by atoms with Crippen LogP contribution in [0, 0.1) is 11.8 Å². The van der Waals surface area contributed by atoms with Gasteiger partial charge in [-0.3, -0.25) is 19.3 Å². The summed E-state index contributed by atoms with van der Waals surface area (Å²) in [6, 6.07) is -1.61. The van der Waals surface area contributed by atoms with Gasteiger partial charge in [-0.1, -0.05) is 12.2 Å². The van der Waals surface area contributed by atoms with Crippen molar-refractivity contribution >= 4 is 33.5 Å². The molecule has 0 radical (unpaired) electrons. The molecule has 0 aromatic heterocycles. The van der Waals surface area contributed by atoms with Crippen molar-refractivity contribution in [2.24, 2.45) is 11.8 Å². The Balaban J connectivity index is 1.51. The van der Waals surface area contributed by atoms with Gasteiger partial charge in [0.25, 0.3) is 5.91 Å². The predicted molar refractivity (Wildman–Crippen MR) is 92.8 cm³/mol. The average Bonchev–Trinajstić information content (AvgIpc) is 3.09. The molecule has 2 fully saturated rings. The molecular weight excluding hydrogens is 376 g/mol. The van der Waals surface area contributed by atoms with Crippen LogP contribution in [0.4, 0.5) is 0 Å². The maximum absolute atomic E-state index is 12.5. The highest BCUT2D eigenvalue weighted by atomic mass is 32.2. The smallest absolute Gasteiger partial charge is 0.329 e. The van der Waals surface area contributed by atoms with E-state index < -0.39 is 52.2 Å². The van der Waals surface area contributed by atoms with Crippen LogP contribution in [0.1, 0.15) is 26.2 Å². The van der Waals surface area contributed by atoms with Crippen LogP contribution in [0.5, 0.6) is 0 Å². The molecule has 4 atom stereocenters. The number of sulfone groups is 1. The topological polar surface area (TPSA) is 127 Å². The second-order valence-corrected chi connectivity index (χ2v) is 9.38. The van der Waals surface area contributed by atoms with Crippen molar-refractivity contribution in [3.63, 3.8) is 0 Å². The zero-order valence-electron chi connectivity index (χ0n) is 14.9. The van der Waals surface area contributed by atoms with Crippen LogP contribution >= 0.6 is 0 Å². The van der Waals surface area contributed by atoms with Crippen LogP contribution in [0.2, 0.25) is 0 Å². The first-order valence-electron chi connectivity index (χ1n) is 8.88. The molecule has 0 aromatic carbocycles. The number of imide groups is 1. The Morgan fingerprint density at radius 2 is 1.81 bits per heavy atom. The molecule has 3 aliphatic rings. The Labute approximate surface area is 157 Å². The standard InChI is InChI=1S/C17H22N2O7S/c1-10(19-15(21)12-4-2-3-5-13(12)16(19)22)17(23)26-8-14(20)18-11-6-7-27(24,25)9-11/h2-3,10-13H,4-9H2,1H3,(H,18,20)/t10-,11+,12-,13+/m0/s1. The van der Waals surface area contributed by atoms with E-state index in [2.05, 4.69) is 5.32 Å². The largest absolute Gasteiger partial charge is 0.454 e. The van der Waals surface area contributed by atoms with E-state index in [1.807, 2.05) is 12.2 Å². The quantitative estimate of drug-likeness (QED) is 0.364. The molecular formula is C17H22N2O7S. The molecule has 0 aromatic rings. The summed E-state index contributed by atoms with van der Waals surface area (Å²) in [5, 5.41) is 2.51.